The molecule has 9 heteroatoms. The molecular weight excluding hydrogens is 449 g/mol. The van der Waals surface area contributed by atoms with Crippen molar-refractivity contribution in [1.82, 2.24) is 19.6 Å². The Kier molecular flexibility index (Phi) is 6.31. The molecule has 146 valence electrons. The van der Waals surface area contributed by atoms with E-state index in [4.69, 9.17) is 11.6 Å². The summed E-state index contributed by atoms with van der Waals surface area (Å²) in [4.78, 5) is 12.2. The Morgan fingerprint density at radius 2 is 2.21 bits per heavy atom. The number of benzene rings is 1. The van der Waals surface area contributed by atoms with Crippen LogP contribution in [0.25, 0.3) is 6.08 Å². The van der Waals surface area contributed by atoms with Crippen LogP contribution < -0.4 is 5.32 Å². The monoisotopic (exact) mass is 465 g/mol. The number of hydrogen-bond acceptors (Lipinski definition) is 3. The van der Waals surface area contributed by atoms with Gasteiger partial charge in [0.1, 0.15) is 5.82 Å². The van der Waals surface area contributed by atoms with Gasteiger partial charge in [0.05, 0.1) is 17.2 Å². The Balaban J connectivity index is 1.70. The Hall–Kier alpha value is -2.45. The van der Waals surface area contributed by atoms with Gasteiger partial charge < -0.3 is 5.32 Å². The van der Waals surface area contributed by atoms with E-state index in [-0.39, 0.29) is 12.5 Å². The third-order valence-corrected chi connectivity index (χ3v) is 5.13. The highest BCUT2D eigenvalue weighted by atomic mass is 79.9. The first-order chi connectivity index (χ1) is 13.4. The normalized spacial score (nSPS) is 11.3. The second-order valence-corrected chi connectivity index (χ2v) is 7.31. The van der Waals surface area contributed by atoms with Gasteiger partial charge in [-0.2, -0.15) is 10.2 Å². The summed E-state index contributed by atoms with van der Waals surface area (Å²) in [6.45, 7) is 4.86. The maximum Gasteiger partial charge on any atom is 0.249 e. The fourth-order valence-electron chi connectivity index (χ4n) is 2.68. The molecule has 0 aliphatic heterocycles. The first kappa shape index (κ1) is 20.3. The number of nitrogens with zero attached hydrogens (tertiary/aromatic N) is 4. The van der Waals surface area contributed by atoms with Crippen molar-refractivity contribution < 1.29 is 9.18 Å². The van der Waals surface area contributed by atoms with Crippen LogP contribution in [-0.4, -0.2) is 25.5 Å². The Bertz CT molecular complexity index is 1020. The third-order valence-electron chi connectivity index (χ3n) is 4.20. The standard InChI is InChI=1S/C19H18BrClFN5O/c1-3-27-12(2)13(9-23-27)7-8-18(28)24-19-15(20)11-26(25-19)10-14-16(21)5-4-6-17(14)22/h4-9,11H,3,10H2,1-2H3,(H,24,25,28)/b8-7+. The summed E-state index contributed by atoms with van der Waals surface area (Å²) in [5, 5.41) is 11.5. The minimum absolute atomic E-state index is 0.144. The molecule has 0 bridgehead atoms. The second-order valence-electron chi connectivity index (χ2n) is 6.05. The second kappa shape index (κ2) is 8.70. The minimum Gasteiger partial charge on any atom is -0.305 e. The third kappa shape index (κ3) is 4.51. The molecule has 0 unspecified atom stereocenters. The molecule has 28 heavy (non-hydrogen) atoms. The van der Waals surface area contributed by atoms with E-state index in [2.05, 4.69) is 31.4 Å². The number of aromatic nitrogens is 4. The zero-order valence-corrected chi connectivity index (χ0v) is 17.6. The summed E-state index contributed by atoms with van der Waals surface area (Å²) >= 11 is 9.41. The Labute approximate surface area is 175 Å². The van der Waals surface area contributed by atoms with Crippen LogP contribution in [0.3, 0.4) is 0 Å². The van der Waals surface area contributed by atoms with Crippen LogP contribution in [0.1, 0.15) is 23.7 Å². The number of aryl methyl sites for hydroxylation is 1. The number of nitrogens with one attached hydrogen (secondary N) is 1. The molecule has 1 aromatic carbocycles. The molecule has 2 heterocycles. The van der Waals surface area contributed by atoms with Crippen LogP contribution in [-0.2, 0) is 17.9 Å². The van der Waals surface area contributed by atoms with Crippen molar-refractivity contribution in [1.29, 1.82) is 0 Å². The molecule has 0 aliphatic rings. The number of carbonyl (C=O) groups is 1. The largest absolute Gasteiger partial charge is 0.305 e. The molecule has 0 atom stereocenters. The maximum atomic E-state index is 14.0. The summed E-state index contributed by atoms with van der Waals surface area (Å²) in [6, 6.07) is 4.51. The molecular formula is C19H18BrClFN5O. The van der Waals surface area contributed by atoms with Crippen molar-refractivity contribution in [2.45, 2.75) is 26.9 Å². The zero-order valence-electron chi connectivity index (χ0n) is 15.3. The summed E-state index contributed by atoms with van der Waals surface area (Å²) in [5.74, 6) is -0.405. The highest BCUT2D eigenvalue weighted by molar-refractivity contribution is 9.10. The quantitative estimate of drug-likeness (QED) is 0.537. The van der Waals surface area contributed by atoms with Gasteiger partial charge in [0, 0.05) is 40.7 Å². The Morgan fingerprint density at radius 3 is 2.89 bits per heavy atom. The van der Waals surface area contributed by atoms with E-state index in [9.17, 15) is 9.18 Å². The van der Waals surface area contributed by atoms with Crippen LogP contribution in [0, 0.1) is 12.7 Å². The summed E-state index contributed by atoms with van der Waals surface area (Å²) in [6.07, 6.45) is 6.49. The van der Waals surface area contributed by atoms with Gasteiger partial charge >= 0.3 is 0 Å². The van der Waals surface area contributed by atoms with E-state index in [1.165, 1.54) is 16.8 Å². The van der Waals surface area contributed by atoms with Gasteiger partial charge in [0.25, 0.3) is 0 Å². The smallest absolute Gasteiger partial charge is 0.249 e. The molecule has 0 spiro atoms. The number of rotatable bonds is 6. The highest BCUT2D eigenvalue weighted by Gasteiger charge is 2.13. The molecule has 2 aromatic heterocycles. The average molecular weight is 467 g/mol. The average Bonchev–Trinajstić information content (AvgIpc) is 3.18. The van der Waals surface area contributed by atoms with E-state index in [0.29, 0.717) is 20.9 Å². The summed E-state index contributed by atoms with van der Waals surface area (Å²) in [5.41, 5.74) is 2.19. The van der Waals surface area contributed by atoms with Crippen LogP contribution in [0.2, 0.25) is 5.02 Å². The summed E-state index contributed by atoms with van der Waals surface area (Å²) in [7, 11) is 0. The molecule has 1 amide bonds. The van der Waals surface area contributed by atoms with Gasteiger partial charge in [-0.25, -0.2) is 4.39 Å². The summed E-state index contributed by atoms with van der Waals surface area (Å²) < 4.78 is 17.9. The van der Waals surface area contributed by atoms with Crippen LogP contribution in [0.15, 0.2) is 41.1 Å². The Morgan fingerprint density at radius 1 is 1.43 bits per heavy atom. The number of carbonyl (C=O) groups excluding carboxylic acids is 1. The van der Waals surface area contributed by atoms with E-state index < -0.39 is 5.82 Å². The lowest BCUT2D eigenvalue weighted by molar-refractivity contribution is -0.111. The van der Waals surface area contributed by atoms with Crippen molar-refractivity contribution in [3.63, 3.8) is 0 Å². The molecule has 0 saturated heterocycles. The molecule has 6 nitrogen and oxygen atoms in total. The molecule has 0 fully saturated rings. The predicted octanol–water partition coefficient (Wildman–Crippen LogP) is 4.66. The highest BCUT2D eigenvalue weighted by Crippen LogP contribution is 2.24. The van der Waals surface area contributed by atoms with Crippen molar-refractivity contribution in [3.8, 4) is 0 Å². The number of anilines is 1. The van der Waals surface area contributed by atoms with E-state index in [1.54, 1.807) is 30.6 Å². The van der Waals surface area contributed by atoms with Crippen molar-refractivity contribution in [3.05, 3.63) is 68.8 Å². The molecule has 0 radical (unpaired) electrons. The lowest BCUT2D eigenvalue weighted by Crippen LogP contribution is -2.10. The molecule has 3 aromatic rings. The lowest BCUT2D eigenvalue weighted by Gasteiger charge is -2.05. The SMILES string of the molecule is CCn1ncc(/C=C/C(=O)Nc2nn(Cc3c(F)cccc3Cl)cc2Br)c1C. The zero-order chi connectivity index (χ0) is 20.3. The molecule has 0 aliphatic carbocycles. The van der Waals surface area contributed by atoms with Gasteiger partial charge in [0.15, 0.2) is 5.82 Å². The molecule has 1 N–H and O–H groups in total. The van der Waals surface area contributed by atoms with Crippen molar-refractivity contribution in [2.24, 2.45) is 0 Å². The molecule has 0 saturated carbocycles. The van der Waals surface area contributed by atoms with Crippen molar-refractivity contribution in [2.75, 3.05) is 5.32 Å². The number of hydrogen-bond donors (Lipinski definition) is 1. The lowest BCUT2D eigenvalue weighted by atomic mass is 10.2. The van der Waals surface area contributed by atoms with Gasteiger partial charge in [0.2, 0.25) is 5.91 Å². The fraction of sp³-hybridized carbons (Fsp3) is 0.211. The van der Waals surface area contributed by atoms with Gasteiger partial charge in [-0.1, -0.05) is 17.7 Å². The molecule has 3 rings (SSSR count). The number of halogens is 3. The first-order valence-electron chi connectivity index (χ1n) is 8.56. The first-order valence-corrected chi connectivity index (χ1v) is 9.73. The van der Waals surface area contributed by atoms with Gasteiger partial charge in [-0.05, 0) is 48.0 Å². The van der Waals surface area contributed by atoms with E-state index in [1.807, 2.05) is 18.5 Å². The fourth-order valence-corrected chi connectivity index (χ4v) is 3.31. The maximum absolute atomic E-state index is 14.0. The van der Waals surface area contributed by atoms with Gasteiger partial charge in [-0.3, -0.25) is 14.2 Å². The topological polar surface area (TPSA) is 64.7 Å². The van der Waals surface area contributed by atoms with Gasteiger partial charge in [-0.15, -0.1) is 0 Å². The van der Waals surface area contributed by atoms with E-state index >= 15 is 0 Å². The van der Waals surface area contributed by atoms with Crippen LogP contribution >= 0.6 is 27.5 Å². The van der Waals surface area contributed by atoms with Crippen LogP contribution in [0.4, 0.5) is 10.2 Å². The number of amides is 1. The van der Waals surface area contributed by atoms with Crippen LogP contribution in [0.5, 0.6) is 0 Å². The minimum atomic E-state index is -0.407. The van der Waals surface area contributed by atoms with Crippen molar-refractivity contribution >= 4 is 45.3 Å². The predicted molar refractivity (Wildman–Crippen MR) is 111 cm³/mol. The van der Waals surface area contributed by atoms with E-state index in [0.717, 1.165) is 17.8 Å².